The van der Waals surface area contributed by atoms with Gasteiger partial charge in [-0.2, -0.15) is 0 Å². The molecule has 0 atom stereocenters. The van der Waals surface area contributed by atoms with Crippen LogP contribution in [0.1, 0.15) is 58.4 Å². The van der Waals surface area contributed by atoms with Gasteiger partial charge in [0.1, 0.15) is 0 Å². The zero-order chi connectivity index (χ0) is 15.8. The van der Waals surface area contributed by atoms with Gasteiger partial charge in [0.15, 0.2) is 0 Å². The topological polar surface area (TPSA) is 25.8 Å². The van der Waals surface area contributed by atoms with E-state index in [9.17, 15) is 0 Å². The van der Waals surface area contributed by atoms with Crippen molar-refractivity contribution in [1.82, 2.24) is 9.97 Å². The highest BCUT2D eigenvalue weighted by atomic mass is 14.8. The Morgan fingerprint density at radius 3 is 1.90 bits per heavy atom. The molecule has 0 aliphatic heterocycles. The molecular weight excluding hydrogens is 256 g/mol. The summed E-state index contributed by atoms with van der Waals surface area (Å²) in [5.41, 5.74) is 5.78. The quantitative estimate of drug-likeness (QED) is 0.731. The van der Waals surface area contributed by atoms with E-state index in [0.717, 1.165) is 17.1 Å². The molecule has 0 bridgehead atoms. The predicted molar refractivity (Wildman–Crippen MR) is 89.6 cm³/mol. The molecule has 2 aromatic heterocycles. The lowest BCUT2D eigenvalue weighted by molar-refractivity contribution is 0.587. The first-order valence-electron chi connectivity index (χ1n) is 7.53. The van der Waals surface area contributed by atoms with Crippen LogP contribution in [0.25, 0.3) is 11.4 Å². The van der Waals surface area contributed by atoms with Crippen molar-refractivity contribution in [3.8, 4) is 11.4 Å². The summed E-state index contributed by atoms with van der Waals surface area (Å²) in [5, 5.41) is 0. The number of pyridine rings is 2. The normalized spacial score (nSPS) is 12.5. The largest absolute Gasteiger partial charge is 0.255 e. The summed E-state index contributed by atoms with van der Waals surface area (Å²) in [6, 6.07) is 8.58. The highest BCUT2D eigenvalue weighted by Crippen LogP contribution is 2.29. The highest BCUT2D eigenvalue weighted by molar-refractivity contribution is 5.57. The molecule has 112 valence electrons. The molecule has 0 aromatic carbocycles. The van der Waals surface area contributed by atoms with E-state index in [1.807, 2.05) is 13.1 Å². The maximum atomic E-state index is 4.68. The Balaban J connectivity index is 2.55. The number of aromatic nitrogens is 2. The Morgan fingerprint density at radius 1 is 0.762 bits per heavy atom. The van der Waals surface area contributed by atoms with Gasteiger partial charge >= 0.3 is 0 Å². The summed E-state index contributed by atoms with van der Waals surface area (Å²) in [6.45, 7) is 15.4. The van der Waals surface area contributed by atoms with Gasteiger partial charge in [-0.1, -0.05) is 41.5 Å². The fourth-order valence-electron chi connectivity index (χ4n) is 2.27. The summed E-state index contributed by atoms with van der Waals surface area (Å²) in [6.07, 6.45) is 1.89. The molecular formula is C19H26N2. The molecule has 0 aliphatic carbocycles. The Labute approximate surface area is 128 Å². The van der Waals surface area contributed by atoms with Crippen molar-refractivity contribution in [2.45, 2.75) is 59.3 Å². The second kappa shape index (κ2) is 5.25. The minimum atomic E-state index is 0.115. The first-order valence-corrected chi connectivity index (χ1v) is 7.53. The van der Waals surface area contributed by atoms with Gasteiger partial charge in [-0.15, -0.1) is 0 Å². The van der Waals surface area contributed by atoms with Crippen molar-refractivity contribution in [2.24, 2.45) is 0 Å². The molecule has 0 fully saturated rings. The summed E-state index contributed by atoms with van der Waals surface area (Å²) in [7, 11) is 0. The zero-order valence-electron chi connectivity index (χ0n) is 14.3. The molecule has 2 nitrogen and oxygen atoms in total. The van der Waals surface area contributed by atoms with Crippen LogP contribution in [0, 0.1) is 6.92 Å². The van der Waals surface area contributed by atoms with E-state index in [4.69, 9.17) is 0 Å². The summed E-state index contributed by atoms with van der Waals surface area (Å²) < 4.78 is 0. The molecule has 2 heteroatoms. The predicted octanol–water partition coefficient (Wildman–Crippen LogP) is 5.05. The smallest absolute Gasteiger partial charge is 0.0892 e. The molecule has 0 unspecified atom stereocenters. The van der Waals surface area contributed by atoms with E-state index in [2.05, 4.69) is 75.8 Å². The maximum absolute atomic E-state index is 4.68. The van der Waals surface area contributed by atoms with E-state index in [1.54, 1.807) is 0 Å². The average Bonchev–Trinajstić information content (AvgIpc) is 2.36. The molecule has 0 N–H and O–H groups in total. The second-order valence-corrected chi connectivity index (χ2v) is 7.81. The minimum Gasteiger partial charge on any atom is -0.255 e. The lowest BCUT2D eigenvalue weighted by Gasteiger charge is -2.21. The van der Waals surface area contributed by atoms with E-state index < -0.39 is 0 Å². The lowest BCUT2D eigenvalue weighted by Crippen LogP contribution is -2.13. The Morgan fingerprint density at radius 2 is 1.33 bits per heavy atom. The minimum absolute atomic E-state index is 0.115. The fourth-order valence-corrected chi connectivity index (χ4v) is 2.27. The second-order valence-electron chi connectivity index (χ2n) is 7.81. The summed E-state index contributed by atoms with van der Waals surface area (Å²) in [4.78, 5) is 9.20. The molecule has 0 radical (unpaired) electrons. The van der Waals surface area contributed by atoms with Crippen molar-refractivity contribution < 1.29 is 0 Å². The van der Waals surface area contributed by atoms with Crippen molar-refractivity contribution >= 4 is 0 Å². The fraction of sp³-hybridized carbons (Fsp3) is 0.474. The van der Waals surface area contributed by atoms with Gasteiger partial charge in [0, 0.05) is 11.9 Å². The van der Waals surface area contributed by atoms with Gasteiger partial charge in [0.2, 0.25) is 0 Å². The number of nitrogens with zero attached hydrogens (tertiary/aromatic N) is 2. The van der Waals surface area contributed by atoms with Gasteiger partial charge in [-0.05, 0) is 53.1 Å². The van der Waals surface area contributed by atoms with Crippen molar-refractivity contribution in [3.05, 3.63) is 47.3 Å². The van der Waals surface area contributed by atoms with Crippen LogP contribution >= 0.6 is 0 Å². The molecule has 0 amide bonds. The van der Waals surface area contributed by atoms with Crippen LogP contribution in [-0.2, 0) is 10.8 Å². The third-order valence-electron chi connectivity index (χ3n) is 3.71. The molecule has 0 saturated carbocycles. The molecule has 2 heterocycles. The Bertz CT molecular complexity index is 643. The SMILES string of the molecule is Cc1cc(C(C)(C)C)cc(-c2cc(C(C)(C)C)ccn2)n1. The van der Waals surface area contributed by atoms with E-state index in [1.165, 1.54) is 11.1 Å². The van der Waals surface area contributed by atoms with Gasteiger partial charge in [0.25, 0.3) is 0 Å². The van der Waals surface area contributed by atoms with E-state index in [0.29, 0.717) is 0 Å². The molecule has 0 spiro atoms. The van der Waals surface area contributed by atoms with Crippen molar-refractivity contribution in [1.29, 1.82) is 0 Å². The van der Waals surface area contributed by atoms with Crippen LogP contribution in [0.2, 0.25) is 0 Å². The zero-order valence-corrected chi connectivity index (χ0v) is 14.3. The van der Waals surface area contributed by atoms with Gasteiger partial charge in [-0.25, -0.2) is 0 Å². The first kappa shape index (κ1) is 15.7. The molecule has 2 rings (SSSR count). The van der Waals surface area contributed by atoms with Crippen LogP contribution < -0.4 is 0 Å². The van der Waals surface area contributed by atoms with Crippen LogP contribution in [0.5, 0.6) is 0 Å². The standard InChI is InChI=1S/C19H26N2/c1-13-10-15(19(5,6)7)12-17(21-13)16-11-14(8-9-20-16)18(2,3)4/h8-12H,1-7H3. The summed E-state index contributed by atoms with van der Waals surface area (Å²) in [5.74, 6) is 0. The maximum Gasteiger partial charge on any atom is 0.0892 e. The average molecular weight is 282 g/mol. The third kappa shape index (κ3) is 3.69. The molecule has 2 aromatic rings. The van der Waals surface area contributed by atoms with Gasteiger partial charge in [0.05, 0.1) is 11.4 Å². The first-order chi connectivity index (χ1) is 9.57. The van der Waals surface area contributed by atoms with Crippen molar-refractivity contribution in [3.63, 3.8) is 0 Å². The van der Waals surface area contributed by atoms with Crippen LogP contribution in [-0.4, -0.2) is 9.97 Å². The van der Waals surface area contributed by atoms with E-state index >= 15 is 0 Å². The Kier molecular flexibility index (Phi) is 3.92. The highest BCUT2D eigenvalue weighted by Gasteiger charge is 2.18. The van der Waals surface area contributed by atoms with Crippen LogP contribution in [0.3, 0.4) is 0 Å². The number of hydrogen-bond donors (Lipinski definition) is 0. The van der Waals surface area contributed by atoms with Gasteiger partial charge in [-0.3, -0.25) is 9.97 Å². The van der Waals surface area contributed by atoms with E-state index in [-0.39, 0.29) is 10.8 Å². The Hall–Kier alpha value is -1.70. The number of rotatable bonds is 1. The molecule has 21 heavy (non-hydrogen) atoms. The molecule has 0 saturated heterocycles. The van der Waals surface area contributed by atoms with Crippen LogP contribution in [0.15, 0.2) is 30.5 Å². The number of hydrogen-bond acceptors (Lipinski definition) is 2. The monoisotopic (exact) mass is 282 g/mol. The lowest BCUT2D eigenvalue weighted by atomic mass is 9.85. The summed E-state index contributed by atoms with van der Waals surface area (Å²) >= 11 is 0. The van der Waals surface area contributed by atoms with Gasteiger partial charge < -0.3 is 0 Å². The van der Waals surface area contributed by atoms with Crippen LogP contribution in [0.4, 0.5) is 0 Å². The van der Waals surface area contributed by atoms with Crippen molar-refractivity contribution in [2.75, 3.05) is 0 Å². The molecule has 0 aliphatic rings. The number of aryl methyl sites for hydroxylation is 1. The third-order valence-corrected chi connectivity index (χ3v) is 3.71.